The Morgan fingerprint density at radius 3 is 0.835 bits per heavy atom. The molecule has 3 unspecified atom stereocenters. The van der Waals surface area contributed by atoms with Gasteiger partial charge in [0.05, 0.1) is 26.4 Å². The van der Waals surface area contributed by atoms with Crippen LogP contribution in [-0.4, -0.2) is 96.7 Å². The van der Waals surface area contributed by atoms with Gasteiger partial charge in [0.1, 0.15) is 19.3 Å². The summed E-state index contributed by atoms with van der Waals surface area (Å²) in [5.74, 6) is -0.697. The van der Waals surface area contributed by atoms with Crippen LogP contribution in [0.2, 0.25) is 0 Å². The lowest BCUT2D eigenvalue weighted by molar-refractivity contribution is -0.161. The molecule has 0 aromatic heterocycles. The Bertz CT molecular complexity index is 1770. The van der Waals surface area contributed by atoms with Gasteiger partial charge in [-0.15, -0.1) is 0 Å². The number of unbranched alkanes of at least 4 members (excludes halogenated alkanes) is 40. The minimum atomic E-state index is -4.95. The first-order valence-electron chi connectivity index (χ1n) is 37.5. The number of aliphatic hydroxyl groups excluding tert-OH is 1. The largest absolute Gasteiger partial charge is 0.472 e. The second kappa shape index (κ2) is 64.1. The van der Waals surface area contributed by atoms with Gasteiger partial charge in [-0.2, -0.15) is 0 Å². The highest BCUT2D eigenvalue weighted by atomic mass is 31.2. The number of carbonyl (C=O) groups is 4. The summed E-state index contributed by atoms with van der Waals surface area (Å²) in [5.41, 5.74) is 0. The molecule has 19 heteroatoms. The van der Waals surface area contributed by atoms with E-state index in [1.54, 1.807) is 0 Å². The number of rotatable bonds is 71. The molecule has 0 fully saturated rings. The molecule has 0 aliphatic carbocycles. The fourth-order valence-corrected chi connectivity index (χ4v) is 12.5. The standard InChI is InChI=1S/C72H140O17P2/c1-7-10-12-14-16-18-20-22-23-24-25-26-28-30-32-36-44-50-56-71(76)88-67(60-82-69(74)54-48-42-35-31-29-27-21-19-17-15-13-11-8-2)62-86-90(78,79)84-58-66(73)59-85-91(80,81)87-63-68(89-72(77)57-51-45-37-33-34-40-46-52-64(4)5)61-83-70(75)55-49-43-39-38-41-47-53-65(6)9-3/h64-68,73H,7-63H2,1-6H3,(H,78,79)(H,80,81)/t65?,66-,67-,68-/m1/s1. The maximum atomic E-state index is 13.0. The van der Waals surface area contributed by atoms with Crippen molar-refractivity contribution in [1.82, 2.24) is 0 Å². The maximum Gasteiger partial charge on any atom is 0.472 e. The van der Waals surface area contributed by atoms with E-state index < -0.39 is 97.5 Å². The SMILES string of the molecule is CCCCCCCCCCCCCCCCCCCCC(=O)O[C@H](COC(=O)CCCCCCCCCCCCCCC)COP(=O)(O)OC[C@@H](O)COP(=O)(O)OC[C@@H](COC(=O)CCCCCCCCC(C)CC)OC(=O)CCCCCCCCCC(C)C. The minimum Gasteiger partial charge on any atom is -0.462 e. The molecule has 0 saturated heterocycles. The Morgan fingerprint density at radius 2 is 0.560 bits per heavy atom. The average molecular weight is 1340 g/mol. The van der Waals surface area contributed by atoms with Crippen LogP contribution in [0.15, 0.2) is 0 Å². The molecule has 0 saturated carbocycles. The smallest absolute Gasteiger partial charge is 0.462 e. The van der Waals surface area contributed by atoms with E-state index in [4.69, 9.17) is 37.0 Å². The Kier molecular flexibility index (Phi) is 62.7. The maximum absolute atomic E-state index is 13.0. The van der Waals surface area contributed by atoms with E-state index in [1.165, 1.54) is 180 Å². The van der Waals surface area contributed by atoms with Crippen LogP contribution < -0.4 is 0 Å². The summed E-state index contributed by atoms with van der Waals surface area (Å²) < 4.78 is 68.3. The van der Waals surface area contributed by atoms with Crippen molar-refractivity contribution in [3.05, 3.63) is 0 Å². The Labute approximate surface area is 556 Å². The van der Waals surface area contributed by atoms with Gasteiger partial charge in [0.15, 0.2) is 12.2 Å². The number of phosphoric acid groups is 2. The molecule has 6 atom stereocenters. The lowest BCUT2D eigenvalue weighted by Crippen LogP contribution is -2.30. The van der Waals surface area contributed by atoms with Crippen LogP contribution in [0.4, 0.5) is 0 Å². The van der Waals surface area contributed by atoms with Crippen LogP contribution in [-0.2, 0) is 65.4 Å². The van der Waals surface area contributed by atoms with Gasteiger partial charge in [0.2, 0.25) is 0 Å². The summed E-state index contributed by atoms with van der Waals surface area (Å²) in [5, 5.41) is 10.6. The van der Waals surface area contributed by atoms with Crippen molar-refractivity contribution >= 4 is 39.5 Å². The van der Waals surface area contributed by atoms with Crippen molar-refractivity contribution in [3.8, 4) is 0 Å². The average Bonchev–Trinajstić information content (AvgIpc) is 3.33. The van der Waals surface area contributed by atoms with E-state index in [0.29, 0.717) is 31.6 Å². The monoisotopic (exact) mass is 1340 g/mol. The second-order valence-corrected chi connectivity index (χ2v) is 29.6. The predicted molar refractivity (Wildman–Crippen MR) is 368 cm³/mol. The van der Waals surface area contributed by atoms with E-state index in [9.17, 15) is 43.2 Å². The van der Waals surface area contributed by atoms with Crippen molar-refractivity contribution in [2.75, 3.05) is 39.6 Å². The molecule has 0 heterocycles. The van der Waals surface area contributed by atoms with Crippen molar-refractivity contribution in [1.29, 1.82) is 0 Å². The first-order chi connectivity index (χ1) is 43.9. The Balaban J connectivity index is 5.22. The normalized spacial score (nSPS) is 14.4. The molecule has 0 aromatic carbocycles. The van der Waals surface area contributed by atoms with Gasteiger partial charge in [-0.3, -0.25) is 37.3 Å². The van der Waals surface area contributed by atoms with Gasteiger partial charge in [0.25, 0.3) is 0 Å². The van der Waals surface area contributed by atoms with E-state index in [2.05, 4.69) is 41.5 Å². The summed E-state index contributed by atoms with van der Waals surface area (Å²) >= 11 is 0. The van der Waals surface area contributed by atoms with Gasteiger partial charge >= 0.3 is 39.5 Å². The van der Waals surface area contributed by atoms with Crippen LogP contribution in [0, 0.1) is 11.8 Å². The summed E-state index contributed by atoms with van der Waals surface area (Å²) in [6, 6.07) is 0. The Hall–Kier alpha value is -1.94. The fourth-order valence-electron chi connectivity index (χ4n) is 10.9. The molecule has 3 N–H and O–H groups in total. The van der Waals surface area contributed by atoms with Gasteiger partial charge in [-0.25, -0.2) is 9.13 Å². The van der Waals surface area contributed by atoms with Gasteiger partial charge in [-0.1, -0.05) is 318 Å². The molecule has 0 amide bonds. The highest BCUT2D eigenvalue weighted by Crippen LogP contribution is 2.45. The molecule has 17 nitrogen and oxygen atoms in total. The first kappa shape index (κ1) is 89.1. The summed E-state index contributed by atoms with van der Waals surface area (Å²) in [6.07, 6.45) is 50.1. The molecular weight excluding hydrogens is 1200 g/mol. The van der Waals surface area contributed by atoms with E-state index >= 15 is 0 Å². The number of phosphoric ester groups is 2. The third-order valence-electron chi connectivity index (χ3n) is 17.1. The third-order valence-corrected chi connectivity index (χ3v) is 19.0. The molecule has 540 valence electrons. The van der Waals surface area contributed by atoms with Gasteiger partial charge in [-0.05, 0) is 37.5 Å². The fraction of sp³-hybridized carbons (Fsp3) is 0.944. The van der Waals surface area contributed by atoms with Crippen molar-refractivity contribution in [3.63, 3.8) is 0 Å². The number of aliphatic hydroxyl groups is 1. The van der Waals surface area contributed by atoms with Crippen molar-refractivity contribution in [2.45, 2.75) is 387 Å². The lowest BCUT2D eigenvalue weighted by Gasteiger charge is -2.21. The molecule has 0 rings (SSSR count). The molecule has 0 spiro atoms. The first-order valence-corrected chi connectivity index (χ1v) is 40.5. The molecule has 0 aromatic rings. The van der Waals surface area contributed by atoms with Crippen LogP contribution in [0.1, 0.15) is 369 Å². The van der Waals surface area contributed by atoms with Crippen LogP contribution in [0.3, 0.4) is 0 Å². The highest BCUT2D eigenvalue weighted by Gasteiger charge is 2.30. The molecule has 91 heavy (non-hydrogen) atoms. The highest BCUT2D eigenvalue weighted by molar-refractivity contribution is 7.47. The number of hydrogen-bond acceptors (Lipinski definition) is 15. The molecule has 0 bridgehead atoms. The van der Waals surface area contributed by atoms with Gasteiger partial charge < -0.3 is 33.8 Å². The number of esters is 4. The summed E-state index contributed by atoms with van der Waals surface area (Å²) in [7, 11) is -9.90. The van der Waals surface area contributed by atoms with Crippen molar-refractivity contribution < 1.29 is 80.2 Å². The molecule has 0 aliphatic rings. The van der Waals surface area contributed by atoms with Crippen LogP contribution in [0.25, 0.3) is 0 Å². The quantitative estimate of drug-likeness (QED) is 0.0222. The van der Waals surface area contributed by atoms with E-state index in [1.807, 2.05) is 0 Å². The van der Waals surface area contributed by atoms with Crippen molar-refractivity contribution in [2.24, 2.45) is 11.8 Å². The zero-order valence-corrected chi connectivity index (χ0v) is 60.9. The minimum absolute atomic E-state index is 0.103. The zero-order valence-electron chi connectivity index (χ0n) is 59.1. The molecule has 0 aliphatic heterocycles. The number of hydrogen-bond donors (Lipinski definition) is 3. The van der Waals surface area contributed by atoms with Gasteiger partial charge in [0, 0.05) is 25.7 Å². The zero-order chi connectivity index (χ0) is 67.2. The third kappa shape index (κ3) is 65.1. The Morgan fingerprint density at radius 1 is 0.319 bits per heavy atom. The van der Waals surface area contributed by atoms with Crippen LogP contribution >= 0.6 is 15.6 Å². The molecular formula is C72H140O17P2. The van der Waals surface area contributed by atoms with E-state index in [0.717, 1.165) is 102 Å². The predicted octanol–water partition coefficient (Wildman–Crippen LogP) is 20.8. The van der Waals surface area contributed by atoms with Crippen LogP contribution in [0.5, 0.6) is 0 Å². The topological polar surface area (TPSA) is 237 Å². The summed E-state index contributed by atoms with van der Waals surface area (Å²) in [6.45, 7) is 9.46. The molecule has 0 radical (unpaired) electrons. The second-order valence-electron chi connectivity index (χ2n) is 26.7. The number of carbonyl (C=O) groups excluding carboxylic acids is 4. The number of ether oxygens (including phenoxy) is 4. The van der Waals surface area contributed by atoms with E-state index in [-0.39, 0.29) is 25.7 Å². The summed E-state index contributed by atoms with van der Waals surface area (Å²) in [4.78, 5) is 72.6. The lowest BCUT2D eigenvalue weighted by atomic mass is 10.00.